The van der Waals surface area contributed by atoms with Crippen molar-refractivity contribution in [2.75, 3.05) is 33.3 Å². The second-order valence-electron chi connectivity index (χ2n) is 7.07. The molecule has 1 aliphatic heterocycles. The lowest BCUT2D eigenvalue weighted by atomic mass is 9.97. The molecule has 0 aromatic heterocycles. The van der Waals surface area contributed by atoms with Gasteiger partial charge < -0.3 is 19.3 Å². The zero-order chi connectivity index (χ0) is 19.0. The fourth-order valence-electron chi connectivity index (χ4n) is 2.33. The molecule has 0 aromatic rings. The zero-order valence-electron chi connectivity index (χ0n) is 15.4. The largest absolute Gasteiger partial charge is 0.455 e. The predicted octanol–water partition coefficient (Wildman–Crippen LogP) is 1.55. The molecule has 8 heteroatoms. The van der Waals surface area contributed by atoms with Crippen molar-refractivity contribution in [3.05, 3.63) is 0 Å². The fraction of sp³-hybridized carbons (Fsp3) is 0.765. The normalized spacial score (nSPS) is 15.2. The van der Waals surface area contributed by atoms with E-state index in [2.05, 4.69) is 0 Å². The van der Waals surface area contributed by atoms with Gasteiger partial charge in [0.2, 0.25) is 0 Å². The van der Waals surface area contributed by atoms with Crippen LogP contribution in [0.3, 0.4) is 0 Å². The highest BCUT2D eigenvalue weighted by atomic mass is 16.6. The summed E-state index contributed by atoms with van der Waals surface area (Å²) < 4.78 is 10.4. The van der Waals surface area contributed by atoms with Crippen molar-refractivity contribution in [2.45, 2.75) is 45.6 Å². The number of likely N-dealkylation sites (N-methyl/N-ethyl adjacent to an activating group) is 1. The van der Waals surface area contributed by atoms with E-state index in [1.54, 1.807) is 32.7 Å². The van der Waals surface area contributed by atoms with E-state index in [9.17, 15) is 14.4 Å². The lowest BCUT2D eigenvalue weighted by Gasteiger charge is -2.32. The summed E-state index contributed by atoms with van der Waals surface area (Å²) in [6, 6.07) is 1.95. The minimum atomic E-state index is -0.551. The van der Waals surface area contributed by atoms with Crippen molar-refractivity contribution >= 4 is 18.0 Å². The Labute approximate surface area is 148 Å². The molecule has 2 amide bonds. The van der Waals surface area contributed by atoms with E-state index in [-0.39, 0.29) is 30.9 Å². The average molecular weight is 353 g/mol. The number of rotatable bonds is 5. The third-order valence-electron chi connectivity index (χ3n) is 3.80. The van der Waals surface area contributed by atoms with E-state index in [1.807, 2.05) is 6.07 Å². The van der Waals surface area contributed by atoms with Crippen LogP contribution in [0.25, 0.3) is 0 Å². The van der Waals surface area contributed by atoms with Gasteiger partial charge in [-0.1, -0.05) is 0 Å². The first-order valence-corrected chi connectivity index (χ1v) is 8.39. The number of nitrogens with zero attached hydrogens (tertiary/aromatic N) is 3. The number of ether oxygens (including phenoxy) is 2. The van der Waals surface area contributed by atoms with Crippen molar-refractivity contribution in [2.24, 2.45) is 5.92 Å². The molecular formula is C17H27N3O5. The molecule has 0 spiro atoms. The van der Waals surface area contributed by atoms with Gasteiger partial charge in [-0.2, -0.15) is 5.26 Å². The maximum atomic E-state index is 12.1. The molecule has 1 fully saturated rings. The van der Waals surface area contributed by atoms with Gasteiger partial charge in [0.05, 0.1) is 18.4 Å². The first kappa shape index (κ1) is 20.7. The molecule has 0 atom stereocenters. The van der Waals surface area contributed by atoms with E-state index >= 15 is 0 Å². The third kappa shape index (κ3) is 7.42. The molecule has 1 heterocycles. The van der Waals surface area contributed by atoms with Crippen LogP contribution >= 0.6 is 0 Å². The van der Waals surface area contributed by atoms with Crippen molar-refractivity contribution < 1.29 is 23.9 Å². The van der Waals surface area contributed by atoms with E-state index in [0.717, 1.165) is 0 Å². The number of piperidine rings is 1. The van der Waals surface area contributed by atoms with Gasteiger partial charge in [-0.25, -0.2) is 4.79 Å². The lowest BCUT2D eigenvalue weighted by Crippen LogP contribution is -2.43. The first-order chi connectivity index (χ1) is 11.6. The molecule has 1 aliphatic rings. The highest BCUT2D eigenvalue weighted by Crippen LogP contribution is 2.20. The van der Waals surface area contributed by atoms with Crippen LogP contribution in [0.1, 0.15) is 40.0 Å². The van der Waals surface area contributed by atoms with Crippen LogP contribution in [0.5, 0.6) is 0 Å². The van der Waals surface area contributed by atoms with Gasteiger partial charge in [-0.15, -0.1) is 0 Å². The van der Waals surface area contributed by atoms with Gasteiger partial charge in [0.1, 0.15) is 5.60 Å². The van der Waals surface area contributed by atoms with Crippen LogP contribution in [-0.4, -0.2) is 66.7 Å². The number of hydrogen-bond acceptors (Lipinski definition) is 6. The topological polar surface area (TPSA) is 99.9 Å². The maximum Gasteiger partial charge on any atom is 0.410 e. The lowest BCUT2D eigenvalue weighted by molar-refractivity contribution is -0.156. The number of likely N-dealkylation sites (tertiary alicyclic amines) is 1. The molecule has 0 aliphatic carbocycles. The Bertz CT molecular complexity index is 527. The maximum absolute atomic E-state index is 12.1. The van der Waals surface area contributed by atoms with Gasteiger partial charge >= 0.3 is 12.1 Å². The molecular weight excluding hydrogens is 326 g/mol. The van der Waals surface area contributed by atoms with Crippen molar-refractivity contribution in [3.8, 4) is 6.07 Å². The summed E-state index contributed by atoms with van der Waals surface area (Å²) in [5.74, 6) is -1.09. The number of carbonyl (C=O) groups excluding carboxylic acids is 3. The predicted molar refractivity (Wildman–Crippen MR) is 89.4 cm³/mol. The highest BCUT2D eigenvalue weighted by molar-refractivity contribution is 5.81. The summed E-state index contributed by atoms with van der Waals surface area (Å²) in [6.45, 7) is 6.24. The van der Waals surface area contributed by atoms with Crippen LogP contribution in [0, 0.1) is 17.2 Å². The number of amides is 2. The van der Waals surface area contributed by atoms with Crippen LogP contribution in [0.4, 0.5) is 4.79 Å². The molecule has 1 rings (SSSR count). The Balaban J connectivity index is 2.35. The zero-order valence-corrected chi connectivity index (χ0v) is 15.4. The Morgan fingerprint density at radius 2 is 1.84 bits per heavy atom. The number of esters is 1. The van der Waals surface area contributed by atoms with Crippen LogP contribution in [0.2, 0.25) is 0 Å². The van der Waals surface area contributed by atoms with E-state index in [4.69, 9.17) is 14.7 Å². The summed E-state index contributed by atoms with van der Waals surface area (Å²) in [5.41, 5.74) is -0.551. The van der Waals surface area contributed by atoms with E-state index in [0.29, 0.717) is 32.5 Å². The molecule has 140 valence electrons. The first-order valence-electron chi connectivity index (χ1n) is 8.39. The van der Waals surface area contributed by atoms with Gasteiger partial charge in [-0.05, 0) is 33.6 Å². The molecule has 0 N–H and O–H groups in total. The van der Waals surface area contributed by atoms with Gasteiger partial charge in [0.15, 0.2) is 6.61 Å². The van der Waals surface area contributed by atoms with Crippen molar-refractivity contribution in [3.63, 3.8) is 0 Å². The Morgan fingerprint density at radius 1 is 1.24 bits per heavy atom. The minimum absolute atomic E-state index is 0.235. The highest BCUT2D eigenvalue weighted by Gasteiger charge is 2.31. The number of hydrogen-bond donors (Lipinski definition) is 0. The molecule has 1 saturated heterocycles. The van der Waals surface area contributed by atoms with Gasteiger partial charge in [0, 0.05) is 26.7 Å². The standard InChI is InChI=1S/C17H27N3O5/c1-17(2,3)25-16(23)20-10-6-13(7-11-20)15(22)24-12-14(21)19(4)9-5-8-18/h13H,5-7,9-12H2,1-4H3. The SMILES string of the molecule is CN(CCC#N)C(=O)COC(=O)C1CCN(C(=O)OC(C)(C)C)CC1. The van der Waals surface area contributed by atoms with E-state index in [1.165, 1.54) is 4.90 Å². The molecule has 8 nitrogen and oxygen atoms in total. The molecule has 0 aromatic carbocycles. The minimum Gasteiger partial charge on any atom is -0.455 e. The summed E-state index contributed by atoms with van der Waals surface area (Å²) >= 11 is 0. The fourth-order valence-corrected chi connectivity index (χ4v) is 2.33. The smallest absolute Gasteiger partial charge is 0.410 e. The third-order valence-corrected chi connectivity index (χ3v) is 3.80. The Kier molecular flexibility index (Phi) is 7.68. The van der Waals surface area contributed by atoms with Crippen LogP contribution in [0.15, 0.2) is 0 Å². The van der Waals surface area contributed by atoms with Crippen LogP contribution in [-0.2, 0) is 19.1 Å². The van der Waals surface area contributed by atoms with Crippen molar-refractivity contribution in [1.29, 1.82) is 5.26 Å². The summed E-state index contributed by atoms with van der Waals surface area (Å²) in [4.78, 5) is 38.8. The van der Waals surface area contributed by atoms with Crippen molar-refractivity contribution in [1.82, 2.24) is 9.80 Å². The number of carbonyl (C=O) groups is 3. The molecule has 0 saturated carbocycles. The average Bonchev–Trinajstić information content (AvgIpc) is 2.55. The molecule has 25 heavy (non-hydrogen) atoms. The number of nitriles is 1. The quantitative estimate of drug-likeness (QED) is 0.695. The molecule has 0 radical (unpaired) electrons. The Morgan fingerprint density at radius 3 is 2.36 bits per heavy atom. The second-order valence-corrected chi connectivity index (χ2v) is 7.07. The van der Waals surface area contributed by atoms with Crippen LogP contribution < -0.4 is 0 Å². The summed E-state index contributed by atoms with van der Waals surface area (Å²) in [6.07, 6.45) is 0.820. The Hall–Kier alpha value is -2.30. The van der Waals surface area contributed by atoms with Gasteiger partial charge in [-0.3, -0.25) is 9.59 Å². The van der Waals surface area contributed by atoms with Gasteiger partial charge in [0.25, 0.3) is 5.91 Å². The molecule has 0 bridgehead atoms. The summed E-state index contributed by atoms with van der Waals surface area (Å²) in [5, 5.41) is 8.50. The summed E-state index contributed by atoms with van der Waals surface area (Å²) in [7, 11) is 1.56. The van der Waals surface area contributed by atoms with E-state index < -0.39 is 11.6 Å². The monoisotopic (exact) mass is 353 g/mol. The molecule has 0 unspecified atom stereocenters. The second kappa shape index (κ2) is 9.25.